The fraction of sp³-hybridized carbons (Fsp3) is 0. The molecule has 0 radical (unpaired) electrons. The van der Waals surface area contributed by atoms with E-state index in [0.29, 0.717) is 11.1 Å². The number of fused-ring (bicyclic) bond motifs is 1. The molecule has 2 rings (SSSR count). The number of nitrogen functional groups attached to an aromatic ring is 1. The van der Waals surface area contributed by atoms with Gasteiger partial charge in [0.1, 0.15) is 0 Å². The van der Waals surface area contributed by atoms with Gasteiger partial charge in [0.15, 0.2) is 0 Å². The van der Waals surface area contributed by atoms with Crippen molar-refractivity contribution in [1.82, 2.24) is 0 Å². The summed E-state index contributed by atoms with van der Waals surface area (Å²) in [6, 6.07) is 8.60. The Kier molecular flexibility index (Phi) is 2.44. The van der Waals surface area contributed by atoms with Gasteiger partial charge in [-0.1, -0.05) is 30.3 Å². The van der Waals surface area contributed by atoms with E-state index in [9.17, 15) is 9.59 Å². The first-order chi connectivity index (χ1) is 8.04. The highest BCUT2D eigenvalue weighted by Crippen LogP contribution is 2.37. The van der Waals surface area contributed by atoms with Gasteiger partial charge < -0.3 is 17.2 Å². The van der Waals surface area contributed by atoms with E-state index in [2.05, 4.69) is 0 Å². The molecular formula is C12H11N3O2. The summed E-state index contributed by atoms with van der Waals surface area (Å²) in [5.74, 6) is -1.35. The molecule has 0 saturated heterocycles. The molecule has 0 heterocycles. The van der Waals surface area contributed by atoms with Crippen LogP contribution in [0.2, 0.25) is 0 Å². The van der Waals surface area contributed by atoms with Crippen LogP contribution < -0.4 is 17.2 Å². The fourth-order valence-electron chi connectivity index (χ4n) is 1.93. The van der Waals surface area contributed by atoms with Crippen molar-refractivity contribution in [3.63, 3.8) is 0 Å². The van der Waals surface area contributed by atoms with Gasteiger partial charge in [-0.05, 0) is 11.1 Å². The summed E-state index contributed by atoms with van der Waals surface area (Å²) in [6.45, 7) is 0. The summed E-state index contributed by atoms with van der Waals surface area (Å²) >= 11 is 0. The van der Waals surface area contributed by atoms with Crippen molar-refractivity contribution in [2.75, 3.05) is 5.73 Å². The van der Waals surface area contributed by atoms with Gasteiger partial charge in [-0.25, -0.2) is 0 Å². The predicted molar refractivity (Wildman–Crippen MR) is 64.5 cm³/mol. The summed E-state index contributed by atoms with van der Waals surface area (Å²) in [5, 5.41) is 0. The Balaban J connectivity index is 2.91. The van der Waals surface area contributed by atoms with Gasteiger partial charge in [0, 0.05) is 0 Å². The van der Waals surface area contributed by atoms with Crippen LogP contribution in [0.3, 0.4) is 0 Å². The summed E-state index contributed by atoms with van der Waals surface area (Å²) in [7, 11) is 0. The summed E-state index contributed by atoms with van der Waals surface area (Å²) < 4.78 is 0. The second-order valence-electron chi connectivity index (χ2n) is 3.63. The standard InChI is InChI=1S/C12H11N3O2/c13-10-8(11(14)16)6-4-2-1-3-5-7(6)9(10)12(15)17/h1-5H,13H2,(H2,14,16)(H2,15,17). The Bertz CT molecular complexity index is 544. The number of carbonyl (C=O) groups is 2. The van der Waals surface area contributed by atoms with Gasteiger partial charge >= 0.3 is 0 Å². The Hall–Kier alpha value is -2.56. The Labute approximate surface area is 97.5 Å². The van der Waals surface area contributed by atoms with Gasteiger partial charge in [-0.2, -0.15) is 0 Å². The van der Waals surface area contributed by atoms with Crippen LogP contribution in [0.5, 0.6) is 0 Å². The zero-order valence-electron chi connectivity index (χ0n) is 8.94. The summed E-state index contributed by atoms with van der Waals surface area (Å²) in [5.41, 5.74) is 17.7. The largest absolute Gasteiger partial charge is 0.397 e. The van der Waals surface area contributed by atoms with Crippen LogP contribution in [-0.4, -0.2) is 11.8 Å². The Morgan fingerprint density at radius 3 is 1.59 bits per heavy atom. The van der Waals surface area contributed by atoms with Crippen molar-refractivity contribution in [2.24, 2.45) is 11.5 Å². The highest BCUT2D eigenvalue weighted by Gasteiger charge is 2.26. The molecule has 2 amide bonds. The normalized spacial score (nSPS) is 10.4. The average molecular weight is 229 g/mol. The van der Waals surface area contributed by atoms with E-state index >= 15 is 0 Å². The van der Waals surface area contributed by atoms with Crippen molar-refractivity contribution < 1.29 is 9.59 Å². The highest BCUT2D eigenvalue weighted by atomic mass is 16.1. The lowest BCUT2D eigenvalue weighted by molar-refractivity contribution is 0.0997. The number of anilines is 1. The van der Waals surface area contributed by atoms with E-state index < -0.39 is 11.8 Å². The maximum Gasteiger partial charge on any atom is 0.251 e. The highest BCUT2D eigenvalue weighted by molar-refractivity contribution is 6.17. The summed E-state index contributed by atoms with van der Waals surface area (Å²) in [6.07, 6.45) is 0. The molecule has 0 saturated carbocycles. The minimum absolute atomic E-state index is 0.0474. The molecule has 0 aromatic carbocycles. The second-order valence-corrected chi connectivity index (χ2v) is 3.63. The van der Waals surface area contributed by atoms with Crippen molar-refractivity contribution in [3.05, 3.63) is 41.5 Å². The lowest BCUT2D eigenvalue weighted by Gasteiger charge is -1.96. The Morgan fingerprint density at radius 1 is 0.824 bits per heavy atom. The van der Waals surface area contributed by atoms with Crippen molar-refractivity contribution in [2.45, 2.75) is 0 Å². The number of amides is 2. The number of hydrogen-bond donors (Lipinski definition) is 3. The quantitative estimate of drug-likeness (QED) is 0.699. The molecule has 0 fully saturated rings. The third-order valence-electron chi connectivity index (χ3n) is 2.61. The maximum absolute atomic E-state index is 11.4. The molecular weight excluding hydrogens is 218 g/mol. The molecule has 0 spiro atoms. The molecule has 2 aliphatic rings. The second kappa shape index (κ2) is 3.79. The third kappa shape index (κ3) is 1.57. The van der Waals surface area contributed by atoms with E-state index in [1.807, 2.05) is 0 Å². The van der Waals surface area contributed by atoms with Crippen LogP contribution in [-0.2, 0) is 0 Å². The smallest absolute Gasteiger partial charge is 0.251 e. The topological polar surface area (TPSA) is 112 Å². The lowest BCUT2D eigenvalue weighted by Crippen LogP contribution is -2.15. The molecule has 0 aromatic rings. The zero-order valence-corrected chi connectivity index (χ0v) is 8.94. The van der Waals surface area contributed by atoms with Crippen LogP contribution >= 0.6 is 0 Å². The fourth-order valence-corrected chi connectivity index (χ4v) is 1.93. The van der Waals surface area contributed by atoms with Crippen molar-refractivity contribution in [1.29, 1.82) is 0 Å². The lowest BCUT2D eigenvalue weighted by atomic mass is 10.1. The molecule has 0 unspecified atom stereocenters. The molecule has 0 aromatic heterocycles. The predicted octanol–water partition coefficient (Wildman–Crippen LogP) is 0.571. The maximum atomic E-state index is 11.4. The van der Waals surface area contributed by atoms with Gasteiger partial charge in [0.05, 0.1) is 16.8 Å². The number of hydrogen-bond acceptors (Lipinski definition) is 3. The van der Waals surface area contributed by atoms with Gasteiger partial charge in [-0.15, -0.1) is 0 Å². The number of carbonyl (C=O) groups excluding carboxylic acids is 2. The number of nitrogens with two attached hydrogens (primary N) is 3. The van der Waals surface area contributed by atoms with Crippen molar-refractivity contribution in [3.8, 4) is 11.1 Å². The minimum Gasteiger partial charge on any atom is -0.397 e. The molecule has 6 N–H and O–H groups in total. The van der Waals surface area contributed by atoms with Crippen LogP contribution in [0.4, 0.5) is 5.69 Å². The third-order valence-corrected chi connectivity index (χ3v) is 2.61. The molecule has 2 aliphatic carbocycles. The first-order valence-corrected chi connectivity index (χ1v) is 4.93. The molecule has 86 valence electrons. The first-order valence-electron chi connectivity index (χ1n) is 4.93. The average Bonchev–Trinajstić information content (AvgIpc) is 2.39. The molecule has 0 aliphatic heterocycles. The minimum atomic E-state index is -0.675. The van der Waals surface area contributed by atoms with E-state index in [-0.39, 0.29) is 16.8 Å². The zero-order chi connectivity index (χ0) is 12.6. The first kappa shape index (κ1) is 10.9. The monoisotopic (exact) mass is 229 g/mol. The van der Waals surface area contributed by atoms with E-state index in [0.717, 1.165) is 0 Å². The number of primary amides is 2. The van der Waals surface area contributed by atoms with Crippen LogP contribution in [0.1, 0.15) is 20.7 Å². The number of rotatable bonds is 2. The molecule has 0 atom stereocenters. The van der Waals surface area contributed by atoms with Crippen LogP contribution in [0, 0.1) is 0 Å². The van der Waals surface area contributed by atoms with Crippen LogP contribution in [0.25, 0.3) is 11.1 Å². The SMILES string of the molecule is NC(=O)c1c2cccccc-2c(C(N)=O)c1N. The molecule has 5 nitrogen and oxygen atoms in total. The van der Waals surface area contributed by atoms with Gasteiger partial charge in [-0.3, -0.25) is 9.59 Å². The van der Waals surface area contributed by atoms with Crippen LogP contribution in [0.15, 0.2) is 30.3 Å². The van der Waals surface area contributed by atoms with E-state index in [4.69, 9.17) is 17.2 Å². The summed E-state index contributed by atoms with van der Waals surface area (Å²) in [4.78, 5) is 22.7. The molecule has 17 heavy (non-hydrogen) atoms. The van der Waals surface area contributed by atoms with Gasteiger partial charge in [0.2, 0.25) is 0 Å². The van der Waals surface area contributed by atoms with E-state index in [1.165, 1.54) is 0 Å². The Morgan fingerprint density at radius 2 is 1.24 bits per heavy atom. The van der Waals surface area contributed by atoms with E-state index in [1.54, 1.807) is 30.3 Å². The molecule has 0 bridgehead atoms. The van der Waals surface area contributed by atoms with Crippen molar-refractivity contribution >= 4 is 17.5 Å². The van der Waals surface area contributed by atoms with Gasteiger partial charge in [0.25, 0.3) is 11.8 Å². The molecule has 5 heteroatoms.